The molecule has 0 saturated heterocycles. The first kappa shape index (κ1) is 22.3. The number of amides is 1. The van der Waals surface area contributed by atoms with Crippen molar-refractivity contribution in [1.29, 1.82) is 0 Å². The second-order valence-corrected chi connectivity index (χ2v) is 9.32. The molecule has 8 nitrogen and oxygen atoms in total. The van der Waals surface area contributed by atoms with Crippen molar-refractivity contribution in [3.8, 4) is 5.75 Å². The van der Waals surface area contributed by atoms with E-state index in [1.54, 1.807) is 30.5 Å². The molecule has 0 atom stereocenters. The molecule has 1 aromatic carbocycles. The van der Waals surface area contributed by atoms with Gasteiger partial charge in [0.2, 0.25) is 15.9 Å². The molecule has 1 heterocycles. The van der Waals surface area contributed by atoms with E-state index in [2.05, 4.69) is 26.2 Å². The zero-order valence-corrected chi connectivity index (χ0v) is 18.3. The minimum Gasteiger partial charge on any atom is -0.492 e. The molecule has 10 heteroatoms. The van der Waals surface area contributed by atoms with Gasteiger partial charge < -0.3 is 10.1 Å². The maximum Gasteiger partial charge on any atom is 0.242 e. The second kappa shape index (κ2) is 9.97. The molecular formula is C18H23BrN4O4S. The fourth-order valence-electron chi connectivity index (χ4n) is 2.19. The van der Waals surface area contributed by atoms with E-state index in [4.69, 9.17) is 4.74 Å². The summed E-state index contributed by atoms with van der Waals surface area (Å²) in [6.07, 6.45) is 1.61. The molecule has 0 unspecified atom stereocenters. The van der Waals surface area contributed by atoms with Crippen molar-refractivity contribution in [2.24, 2.45) is 0 Å². The number of anilines is 1. The molecular weight excluding hydrogens is 448 g/mol. The predicted octanol–water partition coefficient (Wildman–Crippen LogP) is 2.04. The van der Waals surface area contributed by atoms with Crippen LogP contribution >= 0.6 is 15.9 Å². The third kappa shape index (κ3) is 6.55. The highest BCUT2D eigenvalue weighted by molar-refractivity contribution is 9.10. The van der Waals surface area contributed by atoms with E-state index in [0.717, 1.165) is 8.78 Å². The number of ether oxygens (including phenoxy) is 1. The number of likely N-dealkylation sites (N-methyl/N-ethyl adjacent to an activating group) is 1. The molecule has 0 saturated carbocycles. The molecule has 1 amide bonds. The van der Waals surface area contributed by atoms with E-state index in [1.807, 2.05) is 11.9 Å². The Kier molecular flexibility index (Phi) is 7.93. The summed E-state index contributed by atoms with van der Waals surface area (Å²) in [5, 5.41) is 2.72. The van der Waals surface area contributed by atoms with Gasteiger partial charge in [-0.3, -0.25) is 9.69 Å². The van der Waals surface area contributed by atoms with Crippen molar-refractivity contribution in [2.45, 2.75) is 4.90 Å². The topological polar surface area (TPSA) is 91.8 Å². The van der Waals surface area contributed by atoms with Crippen LogP contribution in [0.2, 0.25) is 0 Å². The van der Waals surface area contributed by atoms with Crippen LogP contribution in [0.15, 0.2) is 52.0 Å². The second-order valence-electron chi connectivity index (χ2n) is 6.25. The van der Waals surface area contributed by atoms with Gasteiger partial charge in [-0.15, -0.1) is 0 Å². The monoisotopic (exact) mass is 470 g/mol. The maximum atomic E-state index is 12.0. The van der Waals surface area contributed by atoms with Crippen molar-refractivity contribution in [2.75, 3.05) is 46.2 Å². The minimum atomic E-state index is -3.45. The summed E-state index contributed by atoms with van der Waals surface area (Å²) in [7, 11) is 1.33. The number of pyridine rings is 1. The summed E-state index contributed by atoms with van der Waals surface area (Å²) in [5.41, 5.74) is 0. The average molecular weight is 471 g/mol. The van der Waals surface area contributed by atoms with Crippen LogP contribution in [-0.4, -0.2) is 69.4 Å². The molecule has 0 radical (unpaired) electrons. The van der Waals surface area contributed by atoms with Gasteiger partial charge in [0.1, 0.15) is 18.2 Å². The summed E-state index contributed by atoms with van der Waals surface area (Å²) in [6.45, 7) is 1.08. The number of rotatable bonds is 9. The molecule has 28 heavy (non-hydrogen) atoms. The summed E-state index contributed by atoms with van der Waals surface area (Å²) in [6, 6.07) is 9.76. The van der Waals surface area contributed by atoms with Crippen molar-refractivity contribution >= 4 is 37.7 Å². The number of nitrogens with one attached hydrogen (secondary N) is 1. The summed E-state index contributed by atoms with van der Waals surface area (Å²) in [4.78, 5) is 18.1. The van der Waals surface area contributed by atoms with E-state index in [1.165, 1.54) is 26.2 Å². The molecule has 0 aliphatic rings. The average Bonchev–Trinajstić information content (AvgIpc) is 2.64. The lowest BCUT2D eigenvalue weighted by Crippen LogP contribution is -2.33. The lowest BCUT2D eigenvalue weighted by atomic mass is 10.3. The highest BCUT2D eigenvalue weighted by Gasteiger charge is 2.16. The summed E-state index contributed by atoms with van der Waals surface area (Å²) in [5.74, 6) is 0.885. The molecule has 0 spiro atoms. The molecule has 2 rings (SSSR count). The van der Waals surface area contributed by atoms with E-state index < -0.39 is 10.0 Å². The van der Waals surface area contributed by atoms with Crippen LogP contribution in [0.3, 0.4) is 0 Å². The number of carbonyl (C=O) groups excluding carboxylic acids is 1. The molecule has 0 aliphatic carbocycles. The zero-order valence-electron chi connectivity index (χ0n) is 15.9. The fourth-order valence-corrected chi connectivity index (χ4v) is 3.33. The smallest absolute Gasteiger partial charge is 0.242 e. The van der Waals surface area contributed by atoms with Crippen LogP contribution in [0.25, 0.3) is 0 Å². The lowest BCUT2D eigenvalue weighted by molar-refractivity contribution is -0.117. The fraction of sp³-hybridized carbons (Fsp3) is 0.333. The Balaban J connectivity index is 1.76. The molecule has 1 N–H and O–H groups in total. The van der Waals surface area contributed by atoms with E-state index in [9.17, 15) is 13.2 Å². The number of benzene rings is 1. The van der Waals surface area contributed by atoms with Crippen molar-refractivity contribution in [3.05, 3.63) is 47.1 Å². The first-order valence-corrected chi connectivity index (χ1v) is 10.7. The Labute approximate surface area is 173 Å². The Morgan fingerprint density at radius 3 is 2.39 bits per heavy atom. The van der Waals surface area contributed by atoms with Crippen LogP contribution in [0.1, 0.15) is 0 Å². The molecule has 1 aromatic heterocycles. The Morgan fingerprint density at radius 2 is 1.82 bits per heavy atom. The van der Waals surface area contributed by atoms with Gasteiger partial charge in [-0.25, -0.2) is 17.7 Å². The van der Waals surface area contributed by atoms with Gasteiger partial charge in [-0.05, 0) is 59.4 Å². The van der Waals surface area contributed by atoms with Crippen molar-refractivity contribution < 1.29 is 17.9 Å². The summed E-state index contributed by atoms with van der Waals surface area (Å²) >= 11 is 3.29. The Morgan fingerprint density at radius 1 is 1.14 bits per heavy atom. The number of sulfonamides is 1. The standard InChI is InChI=1S/C18H23BrN4O4S/c1-22(2)28(25,26)16-7-5-15(6-8-16)27-11-10-23(3)13-18(24)21-17-9-4-14(19)12-20-17/h4-9,12H,10-11,13H2,1-3H3,(H,20,21,24). The SMILES string of the molecule is CN(CCOc1ccc(S(=O)(=O)N(C)C)cc1)CC(=O)Nc1ccc(Br)cn1. The van der Waals surface area contributed by atoms with Gasteiger partial charge in [0.15, 0.2) is 0 Å². The first-order chi connectivity index (χ1) is 13.2. The summed E-state index contributed by atoms with van der Waals surface area (Å²) < 4.78 is 31.7. The van der Waals surface area contributed by atoms with Gasteiger partial charge in [0.05, 0.1) is 11.4 Å². The van der Waals surface area contributed by atoms with Crippen molar-refractivity contribution in [3.63, 3.8) is 0 Å². The normalized spacial score (nSPS) is 11.6. The van der Waals surface area contributed by atoms with E-state index in [0.29, 0.717) is 24.7 Å². The van der Waals surface area contributed by atoms with Gasteiger partial charge in [0.25, 0.3) is 0 Å². The zero-order chi connectivity index (χ0) is 20.7. The van der Waals surface area contributed by atoms with Gasteiger partial charge in [-0.2, -0.15) is 0 Å². The van der Waals surface area contributed by atoms with Gasteiger partial charge in [-0.1, -0.05) is 0 Å². The van der Waals surface area contributed by atoms with Crippen LogP contribution in [0.4, 0.5) is 5.82 Å². The molecule has 152 valence electrons. The third-order valence-corrected chi connectivity index (χ3v) is 6.05. The highest BCUT2D eigenvalue weighted by atomic mass is 79.9. The molecule has 0 bridgehead atoms. The van der Waals surface area contributed by atoms with Crippen LogP contribution in [-0.2, 0) is 14.8 Å². The molecule has 2 aromatic rings. The predicted molar refractivity (Wildman–Crippen MR) is 111 cm³/mol. The van der Waals surface area contributed by atoms with Gasteiger partial charge >= 0.3 is 0 Å². The number of hydrogen-bond acceptors (Lipinski definition) is 6. The van der Waals surface area contributed by atoms with Crippen molar-refractivity contribution in [1.82, 2.24) is 14.2 Å². The number of halogens is 1. The largest absolute Gasteiger partial charge is 0.492 e. The lowest BCUT2D eigenvalue weighted by Gasteiger charge is -2.17. The first-order valence-electron chi connectivity index (χ1n) is 8.44. The van der Waals surface area contributed by atoms with E-state index >= 15 is 0 Å². The molecule has 0 aliphatic heterocycles. The highest BCUT2D eigenvalue weighted by Crippen LogP contribution is 2.18. The maximum absolute atomic E-state index is 12.0. The Bertz CT molecular complexity index is 887. The number of aromatic nitrogens is 1. The number of hydrogen-bond donors (Lipinski definition) is 1. The number of carbonyl (C=O) groups is 1. The third-order valence-electron chi connectivity index (χ3n) is 3.75. The van der Waals surface area contributed by atoms with E-state index in [-0.39, 0.29) is 17.3 Å². The molecule has 0 fully saturated rings. The van der Waals surface area contributed by atoms with Crippen LogP contribution in [0, 0.1) is 0 Å². The minimum absolute atomic E-state index is 0.171. The van der Waals surface area contributed by atoms with Gasteiger partial charge in [0, 0.05) is 31.3 Å². The van der Waals surface area contributed by atoms with Crippen LogP contribution in [0.5, 0.6) is 5.75 Å². The van der Waals surface area contributed by atoms with Crippen LogP contribution < -0.4 is 10.1 Å². The quantitative estimate of drug-likeness (QED) is 0.602. The number of nitrogens with zero attached hydrogens (tertiary/aromatic N) is 3. The Hall–Kier alpha value is -2.01.